The molecule has 5 nitrogen and oxygen atoms in total. The van der Waals surface area contributed by atoms with Gasteiger partial charge < -0.3 is 9.64 Å². The summed E-state index contributed by atoms with van der Waals surface area (Å²) < 4.78 is 20.0. The van der Waals surface area contributed by atoms with Crippen LogP contribution in [0.1, 0.15) is 21.6 Å². The van der Waals surface area contributed by atoms with E-state index >= 15 is 0 Å². The van der Waals surface area contributed by atoms with E-state index in [1.807, 2.05) is 30.3 Å². The van der Waals surface area contributed by atoms with Gasteiger partial charge in [0.05, 0.1) is 31.0 Å². The number of halogens is 2. The van der Waals surface area contributed by atoms with E-state index in [4.69, 9.17) is 16.3 Å². The Labute approximate surface area is 165 Å². The lowest BCUT2D eigenvalue weighted by atomic mass is 9.87. The molecule has 1 fully saturated rings. The van der Waals surface area contributed by atoms with Crippen molar-refractivity contribution in [1.29, 1.82) is 0 Å². The molecule has 1 amide bonds. The maximum absolute atomic E-state index is 14.0. The van der Waals surface area contributed by atoms with Crippen LogP contribution in [0.2, 0.25) is 5.02 Å². The van der Waals surface area contributed by atoms with Crippen LogP contribution in [0.5, 0.6) is 0 Å². The summed E-state index contributed by atoms with van der Waals surface area (Å²) in [5.41, 5.74) is 2.01. The molecule has 0 atom stereocenters. The third-order valence-electron chi connectivity index (χ3n) is 5.21. The first-order valence-electron chi connectivity index (χ1n) is 8.86. The van der Waals surface area contributed by atoms with Gasteiger partial charge in [-0.15, -0.1) is 0 Å². The zero-order valence-corrected chi connectivity index (χ0v) is 15.5. The quantitative estimate of drug-likeness (QED) is 0.662. The molecule has 2 aromatic carbocycles. The molecule has 3 heterocycles. The van der Waals surface area contributed by atoms with Crippen LogP contribution in [-0.4, -0.2) is 33.9 Å². The first kappa shape index (κ1) is 17.3. The summed E-state index contributed by atoms with van der Waals surface area (Å²) in [6.07, 6.45) is 1.78. The Hall–Kier alpha value is -2.83. The molecule has 28 heavy (non-hydrogen) atoms. The highest BCUT2D eigenvalue weighted by Crippen LogP contribution is 2.43. The van der Waals surface area contributed by atoms with Gasteiger partial charge in [0, 0.05) is 22.3 Å². The summed E-state index contributed by atoms with van der Waals surface area (Å²) >= 11 is 5.90. The summed E-state index contributed by atoms with van der Waals surface area (Å²) in [7, 11) is 0. The molecule has 0 N–H and O–H groups in total. The lowest BCUT2D eigenvalue weighted by molar-refractivity contribution is -0.126. The van der Waals surface area contributed by atoms with Crippen LogP contribution in [0.4, 0.5) is 4.39 Å². The Bertz CT molecular complexity index is 1080. The largest absolute Gasteiger partial charge is 0.360 e. The molecular weight excluding hydrogens is 381 g/mol. The lowest BCUT2D eigenvalue weighted by Gasteiger charge is -2.47. The van der Waals surface area contributed by atoms with Gasteiger partial charge in [0.25, 0.3) is 5.91 Å². The highest BCUT2D eigenvalue weighted by molar-refractivity contribution is 6.31. The number of hydrogen-bond acceptors (Lipinski definition) is 4. The molecule has 2 aliphatic heterocycles. The van der Waals surface area contributed by atoms with Crippen molar-refractivity contribution in [2.24, 2.45) is 0 Å². The number of benzene rings is 2. The Morgan fingerprint density at radius 3 is 2.75 bits per heavy atom. The number of nitrogens with zero attached hydrogens (tertiary/aromatic N) is 3. The number of fused-ring (bicyclic) bond motifs is 2. The zero-order chi connectivity index (χ0) is 19.3. The number of likely N-dealkylation sites (tertiary alicyclic amines) is 1. The third-order valence-corrected chi connectivity index (χ3v) is 5.45. The normalized spacial score (nSPS) is 16.7. The van der Waals surface area contributed by atoms with E-state index in [0.717, 1.165) is 16.8 Å². The number of ether oxygens (including phenoxy) is 1. The molecule has 7 heteroatoms. The molecule has 1 aromatic heterocycles. The van der Waals surface area contributed by atoms with Crippen LogP contribution >= 0.6 is 11.6 Å². The number of aromatic nitrogens is 2. The average Bonchev–Trinajstić information content (AvgIpc) is 3.08. The molecule has 0 saturated carbocycles. The Morgan fingerprint density at radius 2 is 1.96 bits per heavy atom. The molecule has 2 aliphatic rings. The van der Waals surface area contributed by atoms with Crippen LogP contribution < -0.4 is 0 Å². The summed E-state index contributed by atoms with van der Waals surface area (Å²) in [4.78, 5) is 23.3. The van der Waals surface area contributed by atoms with Gasteiger partial charge in [0.15, 0.2) is 5.82 Å². The van der Waals surface area contributed by atoms with Gasteiger partial charge in [-0.25, -0.2) is 14.4 Å². The van der Waals surface area contributed by atoms with E-state index in [0.29, 0.717) is 30.5 Å². The minimum Gasteiger partial charge on any atom is -0.360 e. The van der Waals surface area contributed by atoms with Gasteiger partial charge in [-0.1, -0.05) is 41.9 Å². The Balaban J connectivity index is 1.38. The van der Waals surface area contributed by atoms with Crippen LogP contribution in [-0.2, 0) is 16.9 Å². The van der Waals surface area contributed by atoms with Crippen molar-refractivity contribution in [2.75, 3.05) is 13.1 Å². The van der Waals surface area contributed by atoms with Crippen LogP contribution in [0.15, 0.2) is 54.7 Å². The summed E-state index contributed by atoms with van der Waals surface area (Å²) in [5.74, 6) is -0.336. The number of carbonyl (C=O) groups is 1. The zero-order valence-electron chi connectivity index (χ0n) is 14.7. The van der Waals surface area contributed by atoms with Crippen LogP contribution in [0.3, 0.4) is 0 Å². The second-order valence-electron chi connectivity index (χ2n) is 6.99. The number of carbonyl (C=O) groups excluding carboxylic acids is 1. The first-order chi connectivity index (χ1) is 13.6. The van der Waals surface area contributed by atoms with Crippen molar-refractivity contribution >= 4 is 17.5 Å². The van der Waals surface area contributed by atoms with Gasteiger partial charge in [-0.3, -0.25) is 4.79 Å². The van der Waals surface area contributed by atoms with Crippen molar-refractivity contribution in [3.63, 3.8) is 0 Å². The van der Waals surface area contributed by atoms with Gasteiger partial charge >= 0.3 is 0 Å². The van der Waals surface area contributed by atoms with Gasteiger partial charge in [0.2, 0.25) is 0 Å². The third kappa shape index (κ3) is 2.68. The van der Waals surface area contributed by atoms with Crippen molar-refractivity contribution < 1.29 is 13.9 Å². The maximum Gasteiger partial charge on any atom is 0.257 e. The summed E-state index contributed by atoms with van der Waals surface area (Å²) in [6.45, 7) is 1.03. The highest BCUT2D eigenvalue weighted by atomic mass is 35.5. The predicted octanol–water partition coefficient (Wildman–Crippen LogP) is 3.82. The smallest absolute Gasteiger partial charge is 0.257 e. The fraction of sp³-hybridized carbons (Fsp3) is 0.190. The lowest BCUT2D eigenvalue weighted by Crippen LogP contribution is -2.61. The molecule has 0 radical (unpaired) electrons. The van der Waals surface area contributed by atoms with E-state index in [-0.39, 0.29) is 5.56 Å². The second-order valence-corrected chi connectivity index (χ2v) is 7.42. The minimum atomic E-state index is -0.616. The van der Waals surface area contributed by atoms with E-state index in [1.165, 1.54) is 18.2 Å². The molecule has 5 rings (SSSR count). The second kappa shape index (κ2) is 6.36. The number of hydrogen-bond donors (Lipinski definition) is 0. The van der Waals surface area contributed by atoms with Gasteiger partial charge in [0.1, 0.15) is 11.4 Å². The maximum atomic E-state index is 14.0. The minimum absolute atomic E-state index is 0.0313. The number of amides is 1. The predicted molar refractivity (Wildman–Crippen MR) is 101 cm³/mol. The molecule has 140 valence electrons. The SMILES string of the molecule is O=C(c1cc(Cl)ccc1F)N1CC2(C1)OCc1nc(-c3ccccc3)ncc12. The van der Waals surface area contributed by atoms with Gasteiger partial charge in [-0.2, -0.15) is 0 Å². The van der Waals surface area contributed by atoms with Crippen molar-refractivity contribution in [3.8, 4) is 11.4 Å². The van der Waals surface area contributed by atoms with Crippen molar-refractivity contribution in [1.82, 2.24) is 14.9 Å². The number of rotatable bonds is 2. The monoisotopic (exact) mass is 395 g/mol. The summed E-state index contributed by atoms with van der Waals surface area (Å²) in [5, 5.41) is 0.323. The standard InChI is InChI=1S/C21H15ClFN3O2/c22-14-6-7-17(23)15(8-14)20(27)26-11-21(12-26)16-9-24-19(25-18(16)10-28-21)13-4-2-1-3-5-13/h1-9H,10-12H2. The topological polar surface area (TPSA) is 55.3 Å². The molecular formula is C21H15ClFN3O2. The molecule has 3 aromatic rings. The van der Waals surface area contributed by atoms with Crippen LogP contribution in [0, 0.1) is 5.82 Å². The molecule has 0 bridgehead atoms. The summed E-state index contributed by atoms with van der Waals surface area (Å²) in [6, 6.07) is 13.7. The fourth-order valence-corrected chi connectivity index (χ4v) is 3.90. The first-order valence-corrected chi connectivity index (χ1v) is 9.24. The van der Waals surface area contributed by atoms with Gasteiger partial charge in [-0.05, 0) is 18.2 Å². The molecule has 0 aliphatic carbocycles. The van der Waals surface area contributed by atoms with E-state index < -0.39 is 17.3 Å². The van der Waals surface area contributed by atoms with E-state index in [2.05, 4.69) is 9.97 Å². The van der Waals surface area contributed by atoms with Crippen molar-refractivity contribution in [2.45, 2.75) is 12.2 Å². The van der Waals surface area contributed by atoms with E-state index in [9.17, 15) is 9.18 Å². The average molecular weight is 396 g/mol. The van der Waals surface area contributed by atoms with Crippen molar-refractivity contribution in [3.05, 3.63) is 82.4 Å². The fourth-order valence-electron chi connectivity index (χ4n) is 3.73. The Kier molecular flexibility index (Phi) is 3.92. The Morgan fingerprint density at radius 1 is 1.18 bits per heavy atom. The van der Waals surface area contributed by atoms with Crippen LogP contribution in [0.25, 0.3) is 11.4 Å². The highest BCUT2D eigenvalue weighted by Gasteiger charge is 2.53. The molecule has 1 saturated heterocycles. The molecule has 1 spiro atoms. The van der Waals surface area contributed by atoms with E-state index in [1.54, 1.807) is 11.1 Å². The molecule has 0 unspecified atom stereocenters.